The van der Waals surface area contributed by atoms with Crippen LogP contribution in [0.2, 0.25) is 0 Å². The molecule has 2 bridgehead atoms. The molecule has 0 aromatic heterocycles. The Kier molecular flexibility index (Phi) is 5.11. The molecule has 0 spiro atoms. The number of halogens is 2. The molecule has 2 aromatic carbocycles. The van der Waals surface area contributed by atoms with Crippen molar-refractivity contribution in [3.63, 3.8) is 0 Å². The molecular weight excluding hydrogens is 512 g/mol. The van der Waals surface area contributed by atoms with E-state index in [9.17, 15) is 9.59 Å². The number of hydrogen-bond donors (Lipinski definition) is 0. The standard InChI is InChI=1S/C23H18Br2N2O3/c24-17-9-16(21(18(25)10-17)30-12-13-4-2-1-3-5-13)11-26-27-22(28)19-14-6-7-15(8-14)20(19)23(27)29/h1-7,9-11,14-15,19-20H,8,12H2/b26-11-/t14-,15-,19+,20+/m0/s1. The molecule has 2 amide bonds. The number of ether oxygens (including phenoxy) is 1. The Labute approximate surface area is 191 Å². The first kappa shape index (κ1) is 19.7. The van der Waals surface area contributed by atoms with Crippen molar-refractivity contribution >= 4 is 49.9 Å². The van der Waals surface area contributed by atoms with Crippen molar-refractivity contribution < 1.29 is 14.3 Å². The van der Waals surface area contributed by atoms with Gasteiger partial charge >= 0.3 is 0 Å². The molecule has 1 aliphatic heterocycles. The second-order valence-electron chi connectivity index (χ2n) is 7.81. The highest BCUT2D eigenvalue weighted by Gasteiger charge is 2.59. The van der Waals surface area contributed by atoms with Gasteiger partial charge in [-0.15, -0.1) is 0 Å². The molecule has 7 heteroatoms. The third kappa shape index (κ3) is 3.34. The van der Waals surface area contributed by atoms with Crippen LogP contribution in [0.3, 0.4) is 0 Å². The van der Waals surface area contributed by atoms with Gasteiger partial charge in [-0.1, -0.05) is 58.4 Å². The van der Waals surface area contributed by atoms with Gasteiger partial charge in [0.15, 0.2) is 0 Å². The van der Waals surface area contributed by atoms with Gasteiger partial charge in [0.05, 0.1) is 22.5 Å². The van der Waals surface area contributed by atoms with Gasteiger partial charge in [-0.2, -0.15) is 10.1 Å². The molecule has 2 aromatic rings. The first-order valence-electron chi connectivity index (χ1n) is 9.79. The average molecular weight is 530 g/mol. The summed E-state index contributed by atoms with van der Waals surface area (Å²) in [5, 5.41) is 5.35. The Morgan fingerprint density at radius 3 is 2.37 bits per heavy atom. The van der Waals surface area contributed by atoms with Gasteiger partial charge in [-0.05, 0) is 51.9 Å². The van der Waals surface area contributed by atoms with E-state index in [1.807, 2.05) is 42.5 Å². The van der Waals surface area contributed by atoms with Crippen LogP contribution in [0.4, 0.5) is 0 Å². The zero-order valence-electron chi connectivity index (χ0n) is 15.9. The minimum absolute atomic E-state index is 0.168. The average Bonchev–Trinajstić information content (AvgIpc) is 3.41. The molecule has 0 N–H and O–H groups in total. The molecule has 30 heavy (non-hydrogen) atoms. The lowest BCUT2D eigenvalue weighted by Gasteiger charge is -2.14. The van der Waals surface area contributed by atoms with E-state index < -0.39 is 0 Å². The van der Waals surface area contributed by atoms with E-state index in [0.717, 1.165) is 25.9 Å². The Bertz CT molecular complexity index is 1050. The second kappa shape index (κ2) is 7.78. The van der Waals surface area contributed by atoms with Gasteiger partial charge < -0.3 is 4.74 Å². The Hall–Kier alpha value is -2.25. The van der Waals surface area contributed by atoms with Crippen LogP contribution >= 0.6 is 31.9 Å². The third-order valence-electron chi connectivity index (χ3n) is 6.02. The van der Waals surface area contributed by atoms with E-state index in [-0.39, 0.29) is 35.5 Å². The Morgan fingerprint density at radius 1 is 1.03 bits per heavy atom. The zero-order chi connectivity index (χ0) is 20.8. The topological polar surface area (TPSA) is 59.0 Å². The third-order valence-corrected chi connectivity index (χ3v) is 7.07. The molecule has 5 nitrogen and oxygen atoms in total. The summed E-state index contributed by atoms with van der Waals surface area (Å²) in [6, 6.07) is 13.6. The molecule has 0 unspecified atom stereocenters. The highest BCUT2D eigenvalue weighted by molar-refractivity contribution is 9.11. The summed E-state index contributed by atoms with van der Waals surface area (Å²) in [5.74, 6) is 0.0351. The lowest BCUT2D eigenvalue weighted by molar-refractivity contribution is -0.140. The minimum Gasteiger partial charge on any atom is -0.487 e. The largest absolute Gasteiger partial charge is 0.487 e. The highest BCUT2D eigenvalue weighted by atomic mass is 79.9. The predicted octanol–water partition coefficient (Wildman–Crippen LogP) is 4.93. The first-order valence-corrected chi connectivity index (χ1v) is 11.4. The fourth-order valence-corrected chi connectivity index (χ4v) is 6.05. The number of hydrogen-bond acceptors (Lipinski definition) is 4. The summed E-state index contributed by atoms with van der Waals surface area (Å²) in [5.41, 5.74) is 1.71. The second-order valence-corrected chi connectivity index (χ2v) is 9.58. The van der Waals surface area contributed by atoms with Crippen LogP contribution in [0, 0.1) is 23.7 Å². The molecule has 1 heterocycles. The van der Waals surface area contributed by atoms with Crippen molar-refractivity contribution in [3.8, 4) is 5.75 Å². The molecule has 5 rings (SSSR count). The fraction of sp³-hybridized carbons (Fsp3) is 0.261. The van der Waals surface area contributed by atoms with Gasteiger partial charge in [0, 0.05) is 10.0 Å². The van der Waals surface area contributed by atoms with Gasteiger partial charge in [0.25, 0.3) is 11.8 Å². The van der Waals surface area contributed by atoms with E-state index in [0.29, 0.717) is 17.9 Å². The number of nitrogens with zero attached hydrogens (tertiary/aromatic N) is 2. The number of amides is 2. The predicted molar refractivity (Wildman–Crippen MR) is 120 cm³/mol. The number of carbonyl (C=O) groups is 2. The van der Waals surface area contributed by atoms with Crippen LogP contribution in [0.5, 0.6) is 5.75 Å². The van der Waals surface area contributed by atoms with E-state index in [1.165, 1.54) is 6.21 Å². The van der Waals surface area contributed by atoms with Crippen molar-refractivity contribution in [2.45, 2.75) is 13.0 Å². The highest BCUT2D eigenvalue weighted by Crippen LogP contribution is 2.52. The maximum Gasteiger partial charge on any atom is 0.254 e. The maximum absolute atomic E-state index is 12.8. The van der Waals surface area contributed by atoms with Gasteiger partial charge in [0.2, 0.25) is 0 Å². The molecule has 2 aliphatic carbocycles. The van der Waals surface area contributed by atoms with Crippen LogP contribution in [-0.2, 0) is 16.2 Å². The molecule has 152 valence electrons. The Morgan fingerprint density at radius 2 is 1.70 bits per heavy atom. The number of fused-ring (bicyclic) bond motifs is 5. The van der Waals surface area contributed by atoms with Crippen molar-refractivity contribution in [2.75, 3.05) is 0 Å². The van der Waals surface area contributed by atoms with Crippen LogP contribution in [-0.4, -0.2) is 23.0 Å². The van der Waals surface area contributed by atoms with Crippen LogP contribution < -0.4 is 4.74 Å². The summed E-state index contributed by atoms with van der Waals surface area (Å²) in [6.45, 7) is 0.392. The van der Waals surface area contributed by atoms with Gasteiger partial charge in [-0.3, -0.25) is 9.59 Å². The molecule has 0 radical (unpaired) electrons. The van der Waals surface area contributed by atoms with Crippen molar-refractivity contribution in [2.24, 2.45) is 28.8 Å². The molecule has 1 saturated carbocycles. The van der Waals surface area contributed by atoms with Crippen molar-refractivity contribution in [1.29, 1.82) is 0 Å². The lowest BCUT2D eigenvalue weighted by Crippen LogP contribution is -2.28. The zero-order valence-corrected chi connectivity index (χ0v) is 19.0. The molecular formula is C23H18Br2N2O3. The van der Waals surface area contributed by atoms with Crippen molar-refractivity contribution in [3.05, 3.63) is 74.7 Å². The SMILES string of the molecule is O=C1[C@H]2[C@H](C(=O)N1/N=C\c1cc(Br)cc(Br)c1OCc1ccccc1)[C@H]1C=C[C@H]2C1. The number of hydrazone groups is 1. The van der Waals surface area contributed by atoms with E-state index in [4.69, 9.17) is 4.74 Å². The maximum atomic E-state index is 12.8. The van der Waals surface area contributed by atoms with E-state index >= 15 is 0 Å². The van der Waals surface area contributed by atoms with Gasteiger partial charge in [-0.25, -0.2) is 0 Å². The summed E-state index contributed by atoms with van der Waals surface area (Å²) in [7, 11) is 0. The number of allylic oxidation sites excluding steroid dienone is 2. The number of imide groups is 1. The Balaban J connectivity index is 1.40. The monoisotopic (exact) mass is 528 g/mol. The van der Waals surface area contributed by atoms with Crippen LogP contribution in [0.15, 0.2) is 68.7 Å². The summed E-state index contributed by atoms with van der Waals surface area (Å²) >= 11 is 7.02. The summed E-state index contributed by atoms with van der Waals surface area (Å²) < 4.78 is 7.63. The quantitative estimate of drug-likeness (QED) is 0.313. The van der Waals surface area contributed by atoms with E-state index in [2.05, 4.69) is 49.1 Å². The molecule has 2 fully saturated rings. The summed E-state index contributed by atoms with van der Waals surface area (Å²) in [4.78, 5) is 25.7. The van der Waals surface area contributed by atoms with Crippen molar-refractivity contribution in [1.82, 2.24) is 5.01 Å². The van der Waals surface area contributed by atoms with E-state index in [1.54, 1.807) is 0 Å². The first-order chi connectivity index (χ1) is 14.5. The molecule has 4 atom stereocenters. The number of benzene rings is 2. The lowest BCUT2D eigenvalue weighted by atomic mass is 9.85. The summed E-state index contributed by atoms with van der Waals surface area (Å²) in [6.07, 6.45) is 6.58. The van der Waals surface area contributed by atoms with Crippen LogP contribution in [0.25, 0.3) is 0 Å². The van der Waals surface area contributed by atoms with Gasteiger partial charge in [0.1, 0.15) is 12.4 Å². The number of carbonyl (C=O) groups excluding carboxylic acids is 2. The van der Waals surface area contributed by atoms with Crippen LogP contribution in [0.1, 0.15) is 17.5 Å². The fourth-order valence-electron chi connectivity index (χ4n) is 4.68. The molecule has 3 aliphatic rings. The normalized spacial score (nSPS) is 26.8. The smallest absolute Gasteiger partial charge is 0.254 e. The minimum atomic E-state index is -0.257. The number of rotatable bonds is 5. The molecule has 1 saturated heterocycles.